The molecule has 2 heteroatoms. The maximum absolute atomic E-state index is 3.75. The fourth-order valence-electron chi connectivity index (χ4n) is 4.69. The van der Waals surface area contributed by atoms with Crippen molar-refractivity contribution in [2.75, 3.05) is 0 Å². The molecule has 0 aliphatic carbocycles. The van der Waals surface area contributed by atoms with Crippen LogP contribution in [-0.4, -0.2) is 4.98 Å². The SMILES string of the molecule is c1ccc2cc3c(cc2c1)sc1ccc2c([nH]c4ccc5ccccc5c42)c13. The van der Waals surface area contributed by atoms with Gasteiger partial charge in [0.1, 0.15) is 0 Å². The number of nitrogens with one attached hydrogen (secondary N) is 1. The van der Waals surface area contributed by atoms with Gasteiger partial charge >= 0.3 is 0 Å². The molecule has 0 atom stereocenters. The van der Waals surface area contributed by atoms with Gasteiger partial charge in [0.2, 0.25) is 0 Å². The van der Waals surface area contributed by atoms with E-state index >= 15 is 0 Å². The third kappa shape index (κ3) is 1.81. The first kappa shape index (κ1) is 14.7. The number of fused-ring (bicyclic) bond motifs is 10. The van der Waals surface area contributed by atoms with E-state index in [1.54, 1.807) is 0 Å². The number of hydrogen-bond donors (Lipinski definition) is 1. The van der Waals surface area contributed by atoms with E-state index in [2.05, 4.69) is 89.9 Å². The molecule has 0 saturated heterocycles. The largest absolute Gasteiger partial charge is 0.354 e. The van der Waals surface area contributed by atoms with Gasteiger partial charge in [-0.25, -0.2) is 0 Å². The molecule has 2 heterocycles. The molecule has 0 aliphatic heterocycles. The Morgan fingerprint density at radius 2 is 1.32 bits per heavy atom. The zero-order valence-electron chi connectivity index (χ0n) is 15.0. The van der Waals surface area contributed by atoms with Gasteiger partial charge in [0.25, 0.3) is 0 Å². The van der Waals surface area contributed by atoms with Crippen LogP contribution in [0.25, 0.3) is 63.5 Å². The van der Waals surface area contributed by atoms with Gasteiger partial charge < -0.3 is 4.98 Å². The number of aromatic amines is 1. The lowest BCUT2D eigenvalue weighted by Gasteiger charge is -2.00. The Hall–Kier alpha value is -3.36. The van der Waals surface area contributed by atoms with Gasteiger partial charge in [0.15, 0.2) is 0 Å². The zero-order valence-corrected chi connectivity index (χ0v) is 15.8. The van der Waals surface area contributed by atoms with Crippen molar-refractivity contribution in [3.63, 3.8) is 0 Å². The van der Waals surface area contributed by atoms with Gasteiger partial charge in [-0.2, -0.15) is 0 Å². The second-order valence-electron chi connectivity index (χ2n) is 7.49. The molecule has 2 aromatic heterocycles. The van der Waals surface area contributed by atoms with Crippen molar-refractivity contribution in [1.29, 1.82) is 0 Å². The molecule has 28 heavy (non-hydrogen) atoms. The number of thiophene rings is 1. The average Bonchev–Trinajstić information content (AvgIpc) is 3.29. The molecule has 0 unspecified atom stereocenters. The van der Waals surface area contributed by atoms with E-state index in [-0.39, 0.29) is 0 Å². The molecule has 5 aromatic carbocycles. The summed E-state index contributed by atoms with van der Waals surface area (Å²) >= 11 is 1.88. The highest BCUT2D eigenvalue weighted by molar-refractivity contribution is 7.26. The Kier molecular flexibility index (Phi) is 2.68. The minimum atomic E-state index is 1.21. The van der Waals surface area contributed by atoms with E-state index in [1.807, 2.05) is 11.3 Å². The van der Waals surface area contributed by atoms with Crippen LogP contribution >= 0.6 is 11.3 Å². The van der Waals surface area contributed by atoms with Gasteiger partial charge in [-0.05, 0) is 45.8 Å². The quantitative estimate of drug-likeness (QED) is 0.277. The monoisotopic (exact) mass is 373 g/mol. The van der Waals surface area contributed by atoms with Crippen LogP contribution in [0.3, 0.4) is 0 Å². The summed E-state index contributed by atoms with van der Waals surface area (Å²) in [4.78, 5) is 3.75. The number of aromatic nitrogens is 1. The second kappa shape index (κ2) is 5.12. The van der Waals surface area contributed by atoms with Gasteiger partial charge in [-0.1, -0.05) is 60.7 Å². The molecule has 0 bridgehead atoms. The highest BCUT2D eigenvalue weighted by atomic mass is 32.1. The first-order valence-electron chi connectivity index (χ1n) is 9.54. The summed E-state index contributed by atoms with van der Waals surface area (Å²) in [6, 6.07) is 31.0. The highest BCUT2D eigenvalue weighted by Gasteiger charge is 2.14. The summed E-state index contributed by atoms with van der Waals surface area (Å²) in [6.45, 7) is 0. The van der Waals surface area contributed by atoms with Gasteiger partial charge in [0, 0.05) is 36.5 Å². The van der Waals surface area contributed by atoms with Crippen molar-refractivity contribution < 1.29 is 0 Å². The second-order valence-corrected chi connectivity index (χ2v) is 8.58. The van der Waals surface area contributed by atoms with Crippen molar-refractivity contribution in [1.82, 2.24) is 4.98 Å². The Labute approximate surface area is 164 Å². The third-order valence-electron chi connectivity index (χ3n) is 5.96. The number of benzene rings is 5. The zero-order chi connectivity index (χ0) is 18.2. The number of H-pyrrole nitrogens is 1. The lowest BCUT2D eigenvalue weighted by Crippen LogP contribution is -1.74. The number of hydrogen-bond acceptors (Lipinski definition) is 1. The predicted octanol–water partition coefficient (Wildman–Crippen LogP) is 8.00. The molecular weight excluding hydrogens is 358 g/mol. The van der Waals surface area contributed by atoms with E-state index in [4.69, 9.17) is 0 Å². The molecule has 0 aliphatic rings. The maximum atomic E-state index is 3.75. The van der Waals surface area contributed by atoms with E-state index in [9.17, 15) is 0 Å². The van der Waals surface area contributed by atoms with E-state index < -0.39 is 0 Å². The Balaban J connectivity index is 1.73. The molecule has 7 aromatic rings. The van der Waals surface area contributed by atoms with Crippen LogP contribution in [0.2, 0.25) is 0 Å². The van der Waals surface area contributed by atoms with Crippen molar-refractivity contribution in [2.24, 2.45) is 0 Å². The van der Waals surface area contributed by atoms with Crippen molar-refractivity contribution in [3.05, 3.63) is 84.9 Å². The molecule has 0 spiro atoms. The van der Waals surface area contributed by atoms with Crippen molar-refractivity contribution in [3.8, 4) is 0 Å². The summed E-state index contributed by atoms with van der Waals surface area (Å²) < 4.78 is 2.69. The van der Waals surface area contributed by atoms with E-state index in [1.165, 1.54) is 63.5 Å². The molecule has 7 rings (SSSR count). The Morgan fingerprint density at radius 1 is 0.536 bits per heavy atom. The van der Waals surface area contributed by atoms with Crippen LogP contribution in [0.1, 0.15) is 0 Å². The first-order valence-corrected chi connectivity index (χ1v) is 10.4. The number of rotatable bonds is 0. The van der Waals surface area contributed by atoms with Crippen LogP contribution in [0.5, 0.6) is 0 Å². The van der Waals surface area contributed by atoms with Crippen molar-refractivity contribution >= 4 is 74.9 Å². The average molecular weight is 373 g/mol. The van der Waals surface area contributed by atoms with Gasteiger partial charge in [-0.3, -0.25) is 0 Å². The third-order valence-corrected chi connectivity index (χ3v) is 7.08. The van der Waals surface area contributed by atoms with Crippen LogP contribution in [-0.2, 0) is 0 Å². The smallest absolute Gasteiger partial charge is 0.0559 e. The molecule has 0 saturated carbocycles. The Morgan fingerprint density at radius 3 is 2.21 bits per heavy atom. The maximum Gasteiger partial charge on any atom is 0.0559 e. The van der Waals surface area contributed by atoms with Crippen molar-refractivity contribution in [2.45, 2.75) is 0 Å². The molecular formula is C26H15NS. The normalized spacial score (nSPS) is 12.3. The molecule has 1 N–H and O–H groups in total. The lowest BCUT2D eigenvalue weighted by molar-refractivity contribution is 1.57. The minimum Gasteiger partial charge on any atom is -0.354 e. The molecule has 1 nitrogen and oxygen atoms in total. The standard InChI is InChI=1S/C26H15NS/c1-2-7-17-14-23-20(13-16(17)6-1)25-22(28-23)12-10-19-24-18-8-4-3-5-15(18)9-11-21(24)27-26(19)25/h1-14,27H. The lowest BCUT2D eigenvalue weighted by atomic mass is 10.0. The first-order chi connectivity index (χ1) is 13.9. The fraction of sp³-hybridized carbons (Fsp3) is 0. The molecule has 0 radical (unpaired) electrons. The van der Waals surface area contributed by atoms with Crippen LogP contribution in [0.4, 0.5) is 0 Å². The van der Waals surface area contributed by atoms with Crippen LogP contribution < -0.4 is 0 Å². The van der Waals surface area contributed by atoms with Crippen LogP contribution in [0, 0.1) is 0 Å². The summed E-state index contributed by atoms with van der Waals surface area (Å²) in [5.41, 5.74) is 2.46. The highest BCUT2D eigenvalue weighted by Crippen LogP contribution is 2.42. The minimum absolute atomic E-state index is 1.21. The molecule has 130 valence electrons. The molecule has 0 fully saturated rings. The van der Waals surface area contributed by atoms with E-state index in [0.717, 1.165) is 0 Å². The topological polar surface area (TPSA) is 15.8 Å². The summed E-state index contributed by atoms with van der Waals surface area (Å²) in [5.74, 6) is 0. The van der Waals surface area contributed by atoms with E-state index in [0.29, 0.717) is 0 Å². The summed E-state index contributed by atoms with van der Waals surface area (Å²) in [6.07, 6.45) is 0. The van der Waals surface area contributed by atoms with Gasteiger partial charge in [0.05, 0.1) is 5.52 Å². The summed E-state index contributed by atoms with van der Waals surface area (Å²) in [5, 5.41) is 10.5. The van der Waals surface area contributed by atoms with Gasteiger partial charge in [-0.15, -0.1) is 11.3 Å². The summed E-state index contributed by atoms with van der Waals surface area (Å²) in [7, 11) is 0. The predicted molar refractivity (Wildman–Crippen MR) is 124 cm³/mol. The fourth-order valence-corrected chi connectivity index (χ4v) is 5.84. The molecule has 0 amide bonds. The Bertz CT molecular complexity index is 1720. The van der Waals surface area contributed by atoms with Crippen LogP contribution in [0.15, 0.2) is 84.9 Å².